The van der Waals surface area contributed by atoms with Crippen LogP contribution in [0.5, 0.6) is 0 Å². The summed E-state index contributed by atoms with van der Waals surface area (Å²) >= 11 is 0. The zero-order chi connectivity index (χ0) is 17.4. The summed E-state index contributed by atoms with van der Waals surface area (Å²) in [6, 6.07) is 10.7. The third kappa shape index (κ3) is 2.78. The predicted octanol–water partition coefficient (Wildman–Crippen LogP) is 1.73. The van der Waals surface area contributed by atoms with Gasteiger partial charge in [0.05, 0.1) is 6.10 Å². The van der Waals surface area contributed by atoms with Crippen LogP contribution in [-0.4, -0.2) is 48.4 Å². The summed E-state index contributed by atoms with van der Waals surface area (Å²) in [5.74, 6) is -1.22. The van der Waals surface area contributed by atoms with Gasteiger partial charge in [-0.3, -0.25) is 19.3 Å². The average molecular weight is 338 g/mol. The van der Waals surface area contributed by atoms with Crippen LogP contribution in [0.25, 0.3) is 10.8 Å². The van der Waals surface area contributed by atoms with Gasteiger partial charge in [-0.05, 0) is 30.4 Å². The molecule has 0 spiro atoms. The monoisotopic (exact) mass is 338 g/mol. The van der Waals surface area contributed by atoms with E-state index in [4.69, 9.17) is 4.74 Å². The number of imide groups is 1. The quantitative estimate of drug-likeness (QED) is 0.862. The second-order valence-corrected chi connectivity index (χ2v) is 6.34. The number of carbonyl (C=O) groups excluding carboxylic acids is 3. The third-order valence-corrected chi connectivity index (χ3v) is 4.71. The standard InChI is InChI=1S/C19H18N2O4/c22-16(20-10-13-6-3-9-25-13)11-21-18(23)14-7-1-4-12-5-2-8-15(17(12)14)19(21)24/h1-2,4-5,7-8,13H,3,6,9-11H2,(H,20,22). The highest BCUT2D eigenvalue weighted by Crippen LogP contribution is 2.29. The Bertz CT molecular complexity index is 820. The molecule has 4 rings (SSSR count). The Morgan fingerprint density at radius 2 is 1.80 bits per heavy atom. The number of amides is 3. The van der Waals surface area contributed by atoms with Crippen molar-refractivity contribution in [2.75, 3.05) is 19.7 Å². The molecule has 0 bridgehead atoms. The molecular weight excluding hydrogens is 320 g/mol. The summed E-state index contributed by atoms with van der Waals surface area (Å²) in [4.78, 5) is 38.6. The van der Waals surface area contributed by atoms with E-state index in [1.807, 2.05) is 12.1 Å². The maximum atomic E-state index is 12.7. The Morgan fingerprint density at radius 3 is 2.40 bits per heavy atom. The van der Waals surface area contributed by atoms with Gasteiger partial charge in [0.25, 0.3) is 11.8 Å². The van der Waals surface area contributed by atoms with E-state index in [1.54, 1.807) is 24.3 Å². The average Bonchev–Trinajstić information content (AvgIpc) is 3.15. The fraction of sp³-hybridized carbons (Fsp3) is 0.316. The van der Waals surface area contributed by atoms with Crippen LogP contribution in [0.15, 0.2) is 36.4 Å². The van der Waals surface area contributed by atoms with Crippen molar-refractivity contribution < 1.29 is 19.1 Å². The second-order valence-electron chi connectivity index (χ2n) is 6.34. The van der Waals surface area contributed by atoms with Crippen molar-refractivity contribution in [1.29, 1.82) is 0 Å². The van der Waals surface area contributed by atoms with Crippen LogP contribution in [0.1, 0.15) is 33.6 Å². The normalized spacial score (nSPS) is 19.5. The number of nitrogens with zero attached hydrogens (tertiary/aromatic N) is 1. The minimum absolute atomic E-state index is 0.0196. The largest absolute Gasteiger partial charge is 0.376 e. The molecule has 1 saturated heterocycles. The van der Waals surface area contributed by atoms with Gasteiger partial charge in [-0.25, -0.2) is 0 Å². The van der Waals surface area contributed by atoms with Gasteiger partial charge in [0.2, 0.25) is 5.91 Å². The molecule has 0 aliphatic carbocycles. The van der Waals surface area contributed by atoms with Crippen LogP contribution < -0.4 is 5.32 Å². The first-order valence-corrected chi connectivity index (χ1v) is 8.41. The summed E-state index contributed by atoms with van der Waals surface area (Å²) < 4.78 is 5.46. The van der Waals surface area contributed by atoms with E-state index in [-0.39, 0.29) is 18.6 Å². The van der Waals surface area contributed by atoms with Gasteiger partial charge < -0.3 is 10.1 Å². The van der Waals surface area contributed by atoms with Crippen LogP contribution in [0.3, 0.4) is 0 Å². The van der Waals surface area contributed by atoms with Gasteiger partial charge >= 0.3 is 0 Å². The fourth-order valence-corrected chi connectivity index (χ4v) is 3.46. The van der Waals surface area contributed by atoms with Crippen LogP contribution in [0.4, 0.5) is 0 Å². The molecule has 2 heterocycles. The highest BCUT2D eigenvalue weighted by molar-refractivity contribution is 6.26. The molecular formula is C19H18N2O4. The molecule has 1 atom stereocenters. The van der Waals surface area contributed by atoms with Crippen LogP contribution >= 0.6 is 0 Å². The summed E-state index contributed by atoms with van der Waals surface area (Å²) in [5.41, 5.74) is 0.916. The minimum Gasteiger partial charge on any atom is -0.376 e. The van der Waals surface area contributed by atoms with E-state index in [2.05, 4.69) is 5.32 Å². The van der Waals surface area contributed by atoms with Gasteiger partial charge in [0, 0.05) is 29.7 Å². The molecule has 2 aromatic rings. The van der Waals surface area contributed by atoms with Gasteiger partial charge in [-0.2, -0.15) is 0 Å². The van der Waals surface area contributed by atoms with E-state index in [1.165, 1.54) is 0 Å². The molecule has 1 fully saturated rings. The van der Waals surface area contributed by atoms with E-state index in [9.17, 15) is 14.4 Å². The molecule has 0 saturated carbocycles. The van der Waals surface area contributed by atoms with Gasteiger partial charge in [0.15, 0.2) is 0 Å². The highest BCUT2D eigenvalue weighted by Gasteiger charge is 2.33. The smallest absolute Gasteiger partial charge is 0.261 e. The summed E-state index contributed by atoms with van der Waals surface area (Å²) in [5, 5.41) is 4.26. The van der Waals surface area contributed by atoms with Crippen molar-refractivity contribution in [2.45, 2.75) is 18.9 Å². The van der Waals surface area contributed by atoms with Crippen molar-refractivity contribution in [3.8, 4) is 0 Å². The molecule has 2 aromatic carbocycles. The lowest BCUT2D eigenvalue weighted by molar-refractivity contribution is -0.121. The number of benzene rings is 2. The Balaban J connectivity index is 1.54. The number of carbonyl (C=O) groups is 3. The van der Waals surface area contributed by atoms with Crippen LogP contribution in [0.2, 0.25) is 0 Å². The first kappa shape index (κ1) is 15.8. The van der Waals surface area contributed by atoms with E-state index in [0.717, 1.165) is 23.1 Å². The molecule has 2 aliphatic rings. The minimum atomic E-state index is -0.429. The fourth-order valence-electron chi connectivity index (χ4n) is 3.46. The first-order valence-electron chi connectivity index (χ1n) is 8.41. The van der Waals surface area contributed by atoms with Crippen molar-refractivity contribution in [3.63, 3.8) is 0 Å². The van der Waals surface area contributed by atoms with E-state index < -0.39 is 11.8 Å². The summed E-state index contributed by atoms with van der Waals surface area (Å²) in [6.45, 7) is 0.834. The zero-order valence-electron chi connectivity index (χ0n) is 13.7. The van der Waals surface area contributed by atoms with Crippen LogP contribution in [-0.2, 0) is 9.53 Å². The number of hydrogen-bond donors (Lipinski definition) is 1. The molecule has 2 aliphatic heterocycles. The highest BCUT2D eigenvalue weighted by atomic mass is 16.5. The number of ether oxygens (including phenoxy) is 1. The molecule has 1 N–H and O–H groups in total. The van der Waals surface area contributed by atoms with Crippen LogP contribution in [0, 0.1) is 0 Å². The van der Waals surface area contributed by atoms with Gasteiger partial charge in [0.1, 0.15) is 6.54 Å². The summed E-state index contributed by atoms with van der Waals surface area (Å²) in [7, 11) is 0. The molecule has 25 heavy (non-hydrogen) atoms. The van der Waals surface area contributed by atoms with Crippen molar-refractivity contribution >= 4 is 28.5 Å². The Morgan fingerprint density at radius 1 is 1.12 bits per heavy atom. The van der Waals surface area contributed by atoms with Gasteiger partial charge in [-0.15, -0.1) is 0 Å². The maximum absolute atomic E-state index is 12.7. The van der Waals surface area contributed by atoms with E-state index >= 15 is 0 Å². The van der Waals surface area contributed by atoms with Crippen molar-refractivity contribution in [3.05, 3.63) is 47.5 Å². The zero-order valence-corrected chi connectivity index (χ0v) is 13.7. The number of nitrogens with one attached hydrogen (secondary N) is 1. The molecule has 6 nitrogen and oxygen atoms in total. The molecule has 0 aromatic heterocycles. The van der Waals surface area contributed by atoms with E-state index in [0.29, 0.717) is 29.7 Å². The Hall–Kier alpha value is -2.73. The Kier molecular flexibility index (Phi) is 3.97. The SMILES string of the molecule is O=C(CN1C(=O)c2cccc3cccc(c23)C1=O)NCC1CCCO1. The molecule has 128 valence electrons. The topological polar surface area (TPSA) is 75.7 Å². The lowest BCUT2D eigenvalue weighted by atomic mass is 9.94. The van der Waals surface area contributed by atoms with Gasteiger partial charge in [-0.1, -0.05) is 24.3 Å². The molecule has 6 heteroatoms. The number of hydrogen-bond acceptors (Lipinski definition) is 4. The molecule has 3 amide bonds. The third-order valence-electron chi connectivity index (χ3n) is 4.71. The van der Waals surface area contributed by atoms with Crippen molar-refractivity contribution in [1.82, 2.24) is 10.2 Å². The molecule has 0 radical (unpaired) electrons. The lowest BCUT2D eigenvalue weighted by Gasteiger charge is -2.26. The predicted molar refractivity (Wildman–Crippen MR) is 91.3 cm³/mol. The second kappa shape index (κ2) is 6.29. The number of rotatable bonds is 4. The molecule has 1 unspecified atom stereocenters. The first-order chi connectivity index (χ1) is 12.1. The Labute approximate surface area is 144 Å². The maximum Gasteiger partial charge on any atom is 0.261 e. The summed E-state index contributed by atoms with van der Waals surface area (Å²) in [6.07, 6.45) is 1.92. The lowest BCUT2D eigenvalue weighted by Crippen LogP contribution is -2.47. The van der Waals surface area contributed by atoms with Crippen molar-refractivity contribution in [2.24, 2.45) is 0 Å².